The summed E-state index contributed by atoms with van der Waals surface area (Å²) in [5, 5.41) is 2.71. The molecule has 0 aliphatic carbocycles. The molecule has 0 aromatic carbocycles. The molecule has 2 aliphatic rings. The molecule has 2 aliphatic heterocycles. The SMILES string of the molecule is Nc1ncc(-c2nc(N3CCOCC3)ccc2C(F)(F)F)nc1C(=O)Nc1ncccc1N1CCCCC1. The quantitative estimate of drug-likeness (QED) is 0.511. The molecule has 38 heavy (non-hydrogen) atoms. The van der Waals surface area contributed by atoms with E-state index >= 15 is 0 Å². The maximum Gasteiger partial charge on any atom is 0.418 e. The number of nitrogen functional groups attached to an aromatic ring is 1. The van der Waals surface area contributed by atoms with Crippen molar-refractivity contribution in [2.75, 3.05) is 60.2 Å². The first kappa shape index (κ1) is 25.6. The van der Waals surface area contributed by atoms with Gasteiger partial charge in [0.15, 0.2) is 17.3 Å². The number of hydrogen-bond donors (Lipinski definition) is 2. The van der Waals surface area contributed by atoms with E-state index in [9.17, 15) is 18.0 Å². The Bertz CT molecular complexity index is 1310. The van der Waals surface area contributed by atoms with Crippen LogP contribution in [0.3, 0.4) is 0 Å². The average molecular weight is 529 g/mol. The Morgan fingerprint density at radius 3 is 2.47 bits per heavy atom. The van der Waals surface area contributed by atoms with Gasteiger partial charge in [-0.25, -0.2) is 19.9 Å². The first-order chi connectivity index (χ1) is 18.3. The van der Waals surface area contributed by atoms with Gasteiger partial charge in [0.05, 0.1) is 30.7 Å². The summed E-state index contributed by atoms with van der Waals surface area (Å²) < 4.78 is 47.1. The van der Waals surface area contributed by atoms with Crippen molar-refractivity contribution in [3.8, 4) is 11.4 Å². The fourth-order valence-electron chi connectivity index (χ4n) is 4.57. The summed E-state index contributed by atoms with van der Waals surface area (Å²) in [6.45, 7) is 3.52. The standard InChI is InChI=1S/C25H27F3N8O2/c26-25(27,28)16-6-7-19(36-11-13-38-14-12-36)33-20(16)17-15-31-22(29)21(32-17)24(37)34-23-18(5-4-8-30-23)35-9-2-1-3-10-35/h4-8,15H,1-3,9-14H2,(H2,29,31)(H,30,34,37). The molecular formula is C25H27F3N8O2. The Morgan fingerprint density at radius 2 is 1.74 bits per heavy atom. The minimum atomic E-state index is -4.70. The van der Waals surface area contributed by atoms with Gasteiger partial charge in [-0.2, -0.15) is 13.2 Å². The maximum atomic E-state index is 13.9. The number of nitrogens with one attached hydrogen (secondary N) is 1. The van der Waals surface area contributed by atoms with E-state index in [1.165, 1.54) is 6.07 Å². The van der Waals surface area contributed by atoms with Gasteiger partial charge in [-0.05, 0) is 43.5 Å². The number of morpholine rings is 1. The van der Waals surface area contributed by atoms with Crippen LogP contribution in [0.25, 0.3) is 11.4 Å². The Kier molecular flexibility index (Phi) is 7.27. The fourth-order valence-corrected chi connectivity index (χ4v) is 4.57. The number of pyridine rings is 2. The number of carbonyl (C=O) groups excluding carboxylic acids is 1. The van der Waals surface area contributed by atoms with E-state index in [1.54, 1.807) is 12.3 Å². The van der Waals surface area contributed by atoms with Crippen LogP contribution in [0.4, 0.5) is 36.3 Å². The lowest BCUT2D eigenvalue weighted by Gasteiger charge is -2.29. The predicted octanol–water partition coefficient (Wildman–Crippen LogP) is 3.61. The molecular weight excluding hydrogens is 501 g/mol. The maximum absolute atomic E-state index is 13.9. The second-order valence-corrected chi connectivity index (χ2v) is 9.02. The molecule has 0 radical (unpaired) electrons. The highest BCUT2D eigenvalue weighted by atomic mass is 19.4. The van der Waals surface area contributed by atoms with Crippen LogP contribution in [0.1, 0.15) is 35.3 Å². The molecule has 0 saturated carbocycles. The van der Waals surface area contributed by atoms with E-state index in [0.29, 0.717) is 37.9 Å². The number of piperidine rings is 1. The van der Waals surface area contributed by atoms with E-state index < -0.39 is 23.3 Å². The van der Waals surface area contributed by atoms with Crippen LogP contribution < -0.4 is 20.9 Å². The molecule has 5 rings (SSSR count). The van der Waals surface area contributed by atoms with Crippen molar-refractivity contribution in [2.24, 2.45) is 0 Å². The molecule has 2 saturated heterocycles. The molecule has 200 valence electrons. The van der Waals surface area contributed by atoms with Gasteiger partial charge in [0.25, 0.3) is 5.91 Å². The molecule has 0 bridgehead atoms. The van der Waals surface area contributed by atoms with Crippen LogP contribution in [-0.2, 0) is 10.9 Å². The van der Waals surface area contributed by atoms with E-state index in [2.05, 4.69) is 30.2 Å². The molecule has 13 heteroatoms. The van der Waals surface area contributed by atoms with Crippen LogP contribution in [-0.4, -0.2) is 65.2 Å². The third-order valence-corrected chi connectivity index (χ3v) is 6.49. The van der Waals surface area contributed by atoms with E-state index in [-0.39, 0.29) is 17.2 Å². The summed E-state index contributed by atoms with van der Waals surface area (Å²) in [6.07, 6.45) is 1.13. The molecule has 3 N–H and O–H groups in total. The topological polar surface area (TPSA) is 122 Å². The van der Waals surface area contributed by atoms with Gasteiger partial charge in [-0.3, -0.25) is 4.79 Å². The number of alkyl halides is 3. The summed E-state index contributed by atoms with van der Waals surface area (Å²) >= 11 is 0. The largest absolute Gasteiger partial charge is 0.418 e. The van der Waals surface area contributed by atoms with Crippen molar-refractivity contribution in [3.05, 3.63) is 47.9 Å². The van der Waals surface area contributed by atoms with Crippen molar-refractivity contribution in [1.29, 1.82) is 0 Å². The number of carbonyl (C=O) groups is 1. The summed E-state index contributed by atoms with van der Waals surface area (Å²) in [4.78, 5) is 33.9. The van der Waals surface area contributed by atoms with Crippen molar-refractivity contribution < 1.29 is 22.7 Å². The van der Waals surface area contributed by atoms with E-state index in [4.69, 9.17) is 10.5 Å². The van der Waals surface area contributed by atoms with Gasteiger partial charge in [-0.15, -0.1) is 0 Å². The molecule has 10 nitrogen and oxygen atoms in total. The van der Waals surface area contributed by atoms with Crippen molar-refractivity contribution in [2.45, 2.75) is 25.4 Å². The smallest absolute Gasteiger partial charge is 0.382 e. The molecule has 3 aromatic heterocycles. The van der Waals surface area contributed by atoms with Crippen LogP contribution in [0.15, 0.2) is 36.7 Å². The summed E-state index contributed by atoms with van der Waals surface area (Å²) in [5.41, 5.74) is 4.74. The highest BCUT2D eigenvalue weighted by molar-refractivity contribution is 6.06. The average Bonchev–Trinajstić information content (AvgIpc) is 2.94. The lowest BCUT2D eigenvalue weighted by atomic mass is 10.1. The second-order valence-electron chi connectivity index (χ2n) is 9.02. The Balaban J connectivity index is 1.48. The molecule has 0 spiro atoms. The second kappa shape index (κ2) is 10.8. The van der Waals surface area contributed by atoms with Crippen molar-refractivity contribution in [1.82, 2.24) is 19.9 Å². The number of hydrogen-bond acceptors (Lipinski definition) is 9. The molecule has 0 unspecified atom stereocenters. The zero-order chi connectivity index (χ0) is 26.7. The van der Waals surface area contributed by atoms with Crippen molar-refractivity contribution >= 4 is 29.0 Å². The van der Waals surface area contributed by atoms with Crippen LogP contribution in [0.2, 0.25) is 0 Å². The number of nitrogens with two attached hydrogens (primary N) is 1. The van der Waals surface area contributed by atoms with Crippen LogP contribution in [0, 0.1) is 0 Å². The number of anilines is 4. The first-order valence-corrected chi connectivity index (χ1v) is 12.4. The van der Waals surface area contributed by atoms with E-state index in [1.807, 2.05) is 11.0 Å². The van der Waals surface area contributed by atoms with Gasteiger partial charge in [-0.1, -0.05) is 0 Å². The van der Waals surface area contributed by atoms with Gasteiger partial charge in [0.1, 0.15) is 17.2 Å². The zero-order valence-electron chi connectivity index (χ0n) is 20.5. The minimum absolute atomic E-state index is 0.218. The summed E-state index contributed by atoms with van der Waals surface area (Å²) in [7, 11) is 0. The Hall–Kier alpha value is -4.00. The first-order valence-electron chi connectivity index (χ1n) is 12.4. The predicted molar refractivity (Wildman–Crippen MR) is 136 cm³/mol. The van der Waals surface area contributed by atoms with E-state index in [0.717, 1.165) is 50.3 Å². The van der Waals surface area contributed by atoms with Gasteiger partial charge >= 0.3 is 6.18 Å². The molecule has 3 aromatic rings. The number of aromatic nitrogens is 4. The summed E-state index contributed by atoms with van der Waals surface area (Å²) in [5.74, 6) is -0.290. The molecule has 5 heterocycles. The number of amides is 1. The number of ether oxygens (including phenoxy) is 1. The normalized spacial score (nSPS) is 16.4. The fraction of sp³-hybridized carbons (Fsp3) is 0.400. The summed E-state index contributed by atoms with van der Waals surface area (Å²) in [6, 6.07) is 5.92. The van der Waals surface area contributed by atoms with Gasteiger partial charge in [0.2, 0.25) is 0 Å². The minimum Gasteiger partial charge on any atom is -0.382 e. The lowest BCUT2D eigenvalue weighted by molar-refractivity contribution is -0.137. The number of nitrogens with zero attached hydrogens (tertiary/aromatic N) is 6. The Labute approximate surface area is 217 Å². The number of rotatable bonds is 5. The monoisotopic (exact) mass is 528 g/mol. The Morgan fingerprint density at radius 1 is 0.974 bits per heavy atom. The third-order valence-electron chi connectivity index (χ3n) is 6.49. The lowest BCUT2D eigenvalue weighted by Crippen LogP contribution is -2.36. The molecule has 2 fully saturated rings. The molecule has 0 atom stereocenters. The third kappa shape index (κ3) is 5.47. The molecule has 1 amide bonds. The highest BCUT2D eigenvalue weighted by Gasteiger charge is 2.36. The zero-order valence-corrected chi connectivity index (χ0v) is 20.5. The van der Waals surface area contributed by atoms with Crippen molar-refractivity contribution in [3.63, 3.8) is 0 Å². The van der Waals surface area contributed by atoms with Crippen LogP contribution >= 0.6 is 0 Å². The number of halogens is 3. The highest BCUT2D eigenvalue weighted by Crippen LogP contribution is 2.37. The van der Waals surface area contributed by atoms with Gasteiger partial charge < -0.3 is 25.6 Å². The van der Waals surface area contributed by atoms with Crippen LogP contribution in [0.5, 0.6) is 0 Å². The van der Waals surface area contributed by atoms with Gasteiger partial charge in [0, 0.05) is 32.4 Å².